The van der Waals surface area contributed by atoms with E-state index >= 15 is 0 Å². The number of amides is 1. The van der Waals surface area contributed by atoms with Gasteiger partial charge in [0.25, 0.3) is 5.91 Å². The molecule has 3 unspecified atom stereocenters. The maximum Gasteiger partial charge on any atom is 0.255 e. The molecule has 7 heteroatoms. The molecule has 4 rings (SSSR count). The zero-order valence-electron chi connectivity index (χ0n) is 17.6. The highest BCUT2D eigenvalue weighted by molar-refractivity contribution is 7.89. The Morgan fingerprint density at radius 1 is 1.10 bits per heavy atom. The lowest BCUT2D eigenvalue weighted by atomic mass is 9.85. The third-order valence-electron chi connectivity index (χ3n) is 6.48. The Labute approximate surface area is 178 Å². The Morgan fingerprint density at radius 2 is 1.87 bits per heavy atom. The van der Waals surface area contributed by atoms with Crippen LogP contribution < -0.4 is 15.4 Å². The molecule has 1 amide bonds. The van der Waals surface area contributed by atoms with Crippen molar-refractivity contribution >= 4 is 21.6 Å². The van der Waals surface area contributed by atoms with E-state index in [1.54, 1.807) is 31.2 Å². The molecule has 0 aliphatic carbocycles. The minimum absolute atomic E-state index is 0.126. The summed E-state index contributed by atoms with van der Waals surface area (Å²) in [6.07, 6.45) is 3.34. The van der Waals surface area contributed by atoms with E-state index < -0.39 is 10.0 Å². The average Bonchev–Trinajstić information content (AvgIpc) is 3.33. The number of anilines is 1. The number of fused-ring (bicyclic) bond motifs is 2. The van der Waals surface area contributed by atoms with Crippen LogP contribution in [0.2, 0.25) is 0 Å². The normalized spacial score (nSPS) is 24.0. The summed E-state index contributed by atoms with van der Waals surface area (Å²) in [6, 6.07) is 13.0. The molecule has 3 N–H and O–H groups in total. The summed E-state index contributed by atoms with van der Waals surface area (Å²) >= 11 is 0. The number of hydrogen-bond donors (Lipinski definition) is 3. The first-order valence-electron chi connectivity index (χ1n) is 10.5. The van der Waals surface area contributed by atoms with Gasteiger partial charge >= 0.3 is 0 Å². The largest absolute Gasteiger partial charge is 0.322 e. The number of carbonyl (C=O) groups is 1. The first-order valence-corrected chi connectivity index (χ1v) is 12.0. The number of aryl methyl sites for hydroxylation is 2. The van der Waals surface area contributed by atoms with Gasteiger partial charge in [-0.1, -0.05) is 18.2 Å². The van der Waals surface area contributed by atoms with Crippen molar-refractivity contribution < 1.29 is 13.2 Å². The maximum absolute atomic E-state index is 12.9. The van der Waals surface area contributed by atoms with E-state index in [9.17, 15) is 13.2 Å². The fourth-order valence-electron chi connectivity index (χ4n) is 4.78. The van der Waals surface area contributed by atoms with Crippen molar-refractivity contribution in [3.8, 4) is 0 Å². The third kappa shape index (κ3) is 4.15. The Bertz CT molecular complexity index is 1070. The standard InChI is InChI=1S/C23H29N3O3S/c1-14-6-4-5-7-19(14)23(27)25-21-11-9-18(12-15(21)2)30(28,29)26-16(3)20-13-17-8-10-22(20)24-17/h4-7,9,11-12,16-17,20,22,24,26H,8,10,13H2,1-3H3,(H,25,27)/t16?,17?,20-,22?/m1/s1. The summed E-state index contributed by atoms with van der Waals surface area (Å²) in [4.78, 5) is 12.8. The number of nitrogens with one attached hydrogen (secondary N) is 3. The number of carbonyl (C=O) groups excluding carboxylic acids is 1. The molecule has 2 aromatic rings. The highest BCUT2D eigenvalue weighted by Gasteiger charge is 2.42. The van der Waals surface area contributed by atoms with Gasteiger partial charge in [0.15, 0.2) is 0 Å². The van der Waals surface area contributed by atoms with Crippen molar-refractivity contribution in [2.24, 2.45) is 5.92 Å². The SMILES string of the molecule is Cc1cc(S(=O)(=O)NC(C)[C@H]2CC3CCC2N3)ccc1NC(=O)c1ccccc1C. The lowest BCUT2D eigenvalue weighted by Gasteiger charge is -2.27. The van der Waals surface area contributed by atoms with Gasteiger partial charge < -0.3 is 10.6 Å². The van der Waals surface area contributed by atoms with Gasteiger partial charge in [-0.3, -0.25) is 4.79 Å². The molecule has 2 saturated heterocycles. The zero-order chi connectivity index (χ0) is 21.5. The van der Waals surface area contributed by atoms with Gasteiger partial charge in [-0.15, -0.1) is 0 Å². The Kier molecular flexibility index (Phi) is 5.70. The molecule has 0 spiro atoms. The van der Waals surface area contributed by atoms with Crippen LogP contribution in [0.5, 0.6) is 0 Å². The number of sulfonamides is 1. The molecule has 160 valence electrons. The molecule has 30 heavy (non-hydrogen) atoms. The van der Waals surface area contributed by atoms with Crippen LogP contribution in [0.25, 0.3) is 0 Å². The van der Waals surface area contributed by atoms with Gasteiger partial charge in [0.05, 0.1) is 4.90 Å². The maximum atomic E-state index is 12.9. The van der Waals surface area contributed by atoms with Crippen molar-refractivity contribution in [2.45, 2.75) is 63.1 Å². The van der Waals surface area contributed by atoms with Crippen LogP contribution >= 0.6 is 0 Å². The van der Waals surface area contributed by atoms with Gasteiger partial charge in [0.1, 0.15) is 0 Å². The van der Waals surface area contributed by atoms with Crippen LogP contribution in [0.4, 0.5) is 5.69 Å². The molecule has 2 aliphatic heterocycles. The monoisotopic (exact) mass is 427 g/mol. The molecule has 6 nitrogen and oxygen atoms in total. The van der Waals surface area contributed by atoms with Crippen LogP contribution in [0, 0.1) is 19.8 Å². The number of benzene rings is 2. The zero-order valence-corrected chi connectivity index (χ0v) is 18.4. The smallest absolute Gasteiger partial charge is 0.255 e. The van der Waals surface area contributed by atoms with E-state index in [2.05, 4.69) is 15.4 Å². The van der Waals surface area contributed by atoms with E-state index in [0.717, 1.165) is 18.4 Å². The molecule has 0 saturated carbocycles. The first-order chi connectivity index (χ1) is 14.2. The van der Waals surface area contributed by atoms with E-state index in [-0.39, 0.29) is 16.8 Å². The molecule has 2 bridgehead atoms. The van der Waals surface area contributed by atoms with E-state index in [0.29, 0.717) is 34.8 Å². The topological polar surface area (TPSA) is 87.3 Å². The van der Waals surface area contributed by atoms with Crippen LogP contribution in [0.1, 0.15) is 47.7 Å². The lowest BCUT2D eigenvalue weighted by molar-refractivity contribution is 0.102. The van der Waals surface area contributed by atoms with Gasteiger partial charge in [-0.2, -0.15) is 0 Å². The number of rotatable bonds is 6. The molecule has 2 heterocycles. The first kappa shape index (κ1) is 21.0. The van der Waals surface area contributed by atoms with E-state index in [1.165, 1.54) is 6.42 Å². The molecular formula is C23H29N3O3S. The Balaban J connectivity index is 1.46. The van der Waals surface area contributed by atoms with Crippen molar-refractivity contribution in [2.75, 3.05) is 5.32 Å². The molecule has 0 radical (unpaired) electrons. The van der Waals surface area contributed by atoms with Gasteiger partial charge in [-0.05, 0) is 81.3 Å². The van der Waals surface area contributed by atoms with Crippen molar-refractivity contribution in [1.82, 2.24) is 10.0 Å². The second kappa shape index (κ2) is 8.13. The molecule has 4 atom stereocenters. The average molecular weight is 428 g/mol. The lowest BCUT2D eigenvalue weighted by Crippen LogP contribution is -2.42. The molecule has 2 aromatic carbocycles. The predicted octanol–water partition coefficient (Wildman–Crippen LogP) is 3.36. The Morgan fingerprint density at radius 3 is 2.50 bits per heavy atom. The van der Waals surface area contributed by atoms with Crippen molar-refractivity contribution in [3.63, 3.8) is 0 Å². The van der Waals surface area contributed by atoms with Crippen LogP contribution in [-0.2, 0) is 10.0 Å². The predicted molar refractivity (Wildman–Crippen MR) is 118 cm³/mol. The summed E-state index contributed by atoms with van der Waals surface area (Å²) in [5, 5.41) is 6.45. The summed E-state index contributed by atoms with van der Waals surface area (Å²) in [6.45, 7) is 5.64. The molecule has 2 aliphatic rings. The summed E-state index contributed by atoms with van der Waals surface area (Å²) < 4.78 is 28.7. The molecular weight excluding hydrogens is 398 g/mol. The second-order valence-electron chi connectivity index (χ2n) is 8.60. The summed E-state index contributed by atoms with van der Waals surface area (Å²) in [5.41, 5.74) is 2.80. The minimum atomic E-state index is -3.63. The minimum Gasteiger partial charge on any atom is -0.322 e. The molecule has 0 aromatic heterocycles. The van der Waals surface area contributed by atoms with Gasteiger partial charge in [0.2, 0.25) is 10.0 Å². The Hall–Kier alpha value is -2.22. The third-order valence-corrected chi connectivity index (χ3v) is 8.04. The number of hydrogen-bond acceptors (Lipinski definition) is 4. The highest BCUT2D eigenvalue weighted by Crippen LogP contribution is 2.35. The van der Waals surface area contributed by atoms with Gasteiger partial charge in [-0.25, -0.2) is 13.1 Å². The van der Waals surface area contributed by atoms with Crippen LogP contribution in [0.15, 0.2) is 47.4 Å². The van der Waals surface area contributed by atoms with Crippen LogP contribution in [0.3, 0.4) is 0 Å². The highest BCUT2D eigenvalue weighted by atomic mass is 32.2. The van der Waals surface area contributed by atoms with Crippen molar-refractivity contribution in [3.05, 3.63) is 59.2 Å². The van der Waals surface area contributed by atoms with Gasteiger partial charge in [0, 0.05) is 29.4 Å². The second-order valence-corrected chi connectivity index (χ2v) is 10.3. The van der Waals surface area contributed by atoms with E-state index in [4.69, 9.17) is 0 Å². The van der Waals surface area contributed by atoms with Crippen molar-refractivity contribution in [1.29, 1.82) is 0 Å². The summed E-state index contributed by atoms with van der Waals surface area (Å²) in [5.74, 6) is 0.120. The quantitative estimate of drug-likeness (QED) is 0.660. The fraction of sp³-hybridized carbons (Fsp3) is 0.435. The fourth-order valence-corrected chi connectivity index (χ4v) is 6.16. The molecule has 2 fully saturated rings. The van der Waals surface area contributed by atoms with E-state index in [1.807, 2.05) is 32.0 Å². The van der Waals surface area contributed by atoms with Crippen LogP contribution in [-0.4, -0.2) is 32.5 Å². The summed E-state index contributed by atoms with van der Waals surface area (Å²) in [7, 11) is -3.63.